The third-order valence-electron chi connectivity index (χ3n) is 4.56. The second-order valence-electron chi connectivity index (χ2n) is 6.68. The SMILES string of the molecule is O=C1C(=Cc2cccc(OCc3c(F)cccc3Cl)c2)SC(=S)N1c1ccc(F)c(Cl)c1. The number of benzene rings is 3. The van der Waals surface area contributed by atoms with Crippen molar-refractivity contribution < 1.29 is 18.3 Å². The number of halogens is 4. The van der Waals surface area contributed by atoms with E-state index in [4.69, 9.17) is 40.2 Å². The second-order valence-corrected chi connectivity index (χ2v) is 9.17. The zero-order chi connectivity index (χ0) is 22.8. The summed E-state index contributed by atoms with van der Waals surface area (Å²) in [5, 5.41) is 0.186. The normalized spacial score (nSPS) is 15.0. The van der Waals surface area contributed by atoms with Gasteiger partial charge in [-0.3, -0.25) is 9.69 Å². The number of thiocarbonyl (C=S) groups is 1. The maximum Gasteiger partial charge on any atom is 0.270 e. The Bertz CT molecular complexity index is 1250. The number of nitrogens with zero attached hydrogens (tertiary/aromatic N) is 1. The molecule has 0 bridgehead atoms. The number of ether oxygens (including phenoxy) is 1. The van der Waals surface area contributed by atoms with Crippen LogP contribution >= 0.6 is 47.2 Å². The van der Waals surface area contributed by atoms with Crippen molar-refractivity contribution in [2.45, 2.75) is 6.61 Å². The standard InChI is InChI=1S/C23H13Cl2F2NO2S2/c24-17-5-2-6-19(26)16(17)12-30-15-4-1-3-13(9-15)10-21-22(29)28(23(31)32-21)14-7-8-20(27)18(25)11-14/h1-11H,12H2. The van der Waals surface area contributed by atoms with Crippen LogP contribution in [-0.4, -0.2) is 10.2 Å². The van der Waals surface area contributed by atoms with Crippen molar-refractivity contribution >= 4 is 69.2 Å². The van der Waals surface area contributed by atoms with Crippen LogP contribution in [0.5, 0.6) is 5.75 Å². The van der Waals surface area contributed by atoms with E-state index in [9.17, 15) is 13.6 Å². The molecule has 0 unspecified atom stereocenters. The summed E-state index contributed by atoms with van der Waals surface area (Å²) in [6.45, 7) is -0.0393. The van der Waals surface area contributed by atoms with Crippen LogP contribution in [0.3, 0.4) is 0 Å². The van der Waals surface area contributed by atoms with Crippen LogP contribution in [-0.2, 0) is 11.4 Å². The van der Waals surface area contributed by atoms with E-state index in [0.717, 1.165) is 11.8 Å². The molecule has 3 aromatic carbocycles. The predicted molar refractivity (Wildman–Crippen MR) is 129 cm³/mol. The predicted octanol–water partition coefficient (Wildman–Crippen LogP) is 7.26. The van der Waals surface area contributed by atoms with Gasteiger partial charge in [0.25, 0.3) is 5.91 Å². The van der Waals surface area contributed by atoms with Crippen molar-refractivity contribution in [3.8, 4) is 5.75 Å². The zero-order valence-electron chi connectivity index (χ0n) is 16.2. The molecule has 0 aromatic heterocycles. The van der Waals surface area contributed by atoms with Gasteiger partial charge in [-0.15, -0.1) is 0 Å². The minimum Gasteiger partial charge on any atom is -0.489 e. The summed E-state index contributed by atoms with van der Waals surface area (Å²) in [7, 11) is 0. The molecule has 1 heterocycles. The van der Waals surface area contributed by atoms with Crippen molar-refractivity contribution in [2.75, 3.05) is 4.90 Å². The van der Waals surface area contributed by atoms with Gasteiger partial charge in [-0.05, 0) is 54.1 Å². The quantitative estimate of drug-likeness (QED) is 0.268. The van der Waals surface area contributed by atoms with Crippen molar-refractivity contribution in [1.29, 1.82) is 0 Å². The van der Waals surface area contributed by atoms with E-state index < -0.39 is 11.6 Å². The lowest BCUT2D eigenvalue weighted by atomic mass is 10.2. The van der Waals surface area contributed by atoms with Gasteiger partial charge in [0.15, 0.2) is 4.32 Å². The summed E-state index contributed by atoms with van der Waals surface area (Å²) in [4.78, 5) is 14.6. The van der Waals surface area contributed by atoms with E-state index in [2.05, 4.69) is 0 Å². The van der Waals surface area contributed by atoms with Gasteiger partial charge in [0.1, 0.15) is 24.0 Å². The second kappa shape index (κ2) is 9.58. The van der Waals surface area contributed by atoms with Gasteiger partial charge in [0.05, 0.1) is 20.6 Å². The van der Waals surface area contributed by atoms with Crippen molar-refractivity contribution in [3.63, 3.8) is 0 Å². The number of thioether (sulfide) groups is 1. The summed E-state index contributed by atoms with van der Waals surface area (Å²) >= 11 is 18.3. The molecular formula is C23H13Cl2F2NO2S2. The highest BCUT2D eigenvalue weighted by molar-refractivity contribution is 8.27. The molecule has 162 valence electrons. The third-order valence-corrected chi connectivity index (χ3v) is 6.50. The molecule has 0 radical (unpaired) electrons. The Morgan fingerprint density at radius 3 is 2.53 bits per heavy atom. The molecule has 3 nitrogen and oxygen atoms in total. The Hall–Kier alpha value is -2.45. The molecule has 0 saturated carbocycles. The van der Waals surface area contributed by atoms with Crippen molar-refractivity contribution in [2.24, 2.45) is 0 Å². The summed E-state index contributed by atoms with van der Waals surface area (Å²) in [5.74, 6) is -0.880. The zero-order valence-corrected chi connectivity index (χ0v) is 19.3. The van der Waals surface area contributed by atoms with Crippen LogP contribution in [0.2, 0.25) is 10.0 Å². The summed E-state index contributed by atoms with van der Waals surface area (Å²) in [6.07, 6.45) is 1.67. The van der Waals surface area contributed by atoms with Gasteiger partial charge < -0.3 is 4.74 Å². The van der Waals surface area contributed by atoms with E-state index in [1.165, 1.54) is 35.2 Å². The molecule has 0 spiro atoms. The lowest BCUT2D eigenvalue weighted by Crippen LogP contribution is -2.27. The van der Waals surface area contributed by atoms with Crippen LogP contribution in [0.4, 0.5) is 14.5 Å². The molecule has 9 heteroatoms. The lowest BCUT2D eigenvalue weighted by Gasteiger charge is -2.14. The molecule has 1 amide bonds. The molecule has 3 aromatic rings. The van der Waals surface area contributed by atoms with Crippen molar-refractivity contribution in [1.82, 2.24) is 0 Å². The fourth-order valence-corrected chi connectivity index (χ4v) is 4.68. The van der Waals surface area contributed by atoms with Gasteiger partial charge in [-0.25, -0.2) is 8.78 Å². The Kier molecular flexibility index (Phi) is 6.81. The minimum absolute atomic E-state index is 0.0393. The third kappa shape index (κ3) is 4.81. The van der Waals surface area contributed by atoms with Gasteiger partial charge >= 0.3 is 0 Å². The highest BCUT2D eigenvalue weighted by atomic mass is 35.5. The fourth-order valence-electron chi connectivity index (χ4n) is 2.99. The highest BCUT2D eigenvalue weighted by Crippen LogP contribution is 2.37. The first kappa shape index (κ1) is 22.7. The number of rotatable bonds is 5. The number of carbonyl (C=O) groups excluding carboxylic acids is 1. The molecule has 1 aliphatic rings. The van der Waals surface area contributed by atoms with E-state index in [-0.39, 0.29) is 28.1 Å². The maximum atomic E-state index is 13.9. The lowest BCUT2D eigenvalue weighted by molar-refractivity contribution is -0.113. The number of carbonyl (C=O) groups is 1. The van der Waals surface area contributed by atoms with Gasteiger partial charge in [-0.2, -0.15) is 0 Å². The Morgan fingerprint density at radius 1 is 1.00 bits per heavy atom. The monoisotopic (exact) mass is 507 g/mol. The largest absolute Gasteiger partial charge is 0.489 e. The van der Waals surface area contributed by atoms with E-state index >= 15 is 0 Å². The molecule has 0 N–H and O–H groups in total. The number of hydrogen-bond donors (Lipinski definition) is 0. The van der Waals surface area contributed by atoms with Crippen molar-refractivity contribution in [3.05, 3.63) is 98.4 Å². The minimum atomic E-state index is -0.579. The molecular weight excluding hydrogens is 495 g/mol. The highest BCUT2D eigenvalue weighted by Gasteiger charge is 2.33. The first-order valence-corrected chi connectivity index (χ1v) is 11.2. The molecule has 0 atom stereocenters. The Morgan fingerprint density at radius 2 is 1.78 bits per heavy atom. The van der Waals surface area contributed by atoms with E-state index in [0.29, 0.717) is 26.2 Å². The van der Waals surface area contributed by atoms with Crippen LogP contribution in [0, 0.1) is 11.6 Å². The average Bonchev–Trinajstić information content (AvgIpc) is 3.03. The molecule has 4 rings (SSSR count). The van der Waals surface area contributed by atoms with Crippen LogP contribution in [0.15, 0.2) is 65.6 Å². The first-order valence-electron chi connectivity index (χ1n) is 9.22. The summed E-state index contributed by atoms with van der Waals surface area (Å²) in [5.41, 5.74) is 1.35. The fraction of sp³-hybridized carbons (Fsp3) is 0.0435. The van der Waals surface area contributed by atoms with Crippen LogP contribution in [0.1, 0.15) is 11.1 Å². The number of anilines is 1. The molecule has 1 fully saturated rings. The first-order chi connectivity index (χ1) is 15.3. The Labute approximate surface area is 202 Å². The molecule has 32 heavy (non-hydrogen) atoms. The topological polar surface area (TPSA) is 29.5 Å². The van der Waals surface area contributed by atoms with Gasteiger partial charge in [0.2, 0.25) is 0 Å². The Balaban J connectivity index is 1.53. The molecule has 1 aliphatic heterocycles. The van der Waals surface area contributed by atoms with Crippen LogP contribution < -0.4 is 9.64 Å². The van der Waals surface area contributed by atoms with Gasteiger partial charge in [-0.1, -0.05) is 65.4 Å². The van der Waals surface area contributed by atoms with Gasteiger partial charge in [0, 0.05) is 5.56 Å². The number of hydrogen-bond acceptors (Lipinski definition) is 4. The van der Waals surface area contributed by atoms with E-state index in [1.54, 1.807) is 36.4 Å². The molecule has 1 saturated heterocycles. The molecule has 0 aliphatic carbocycles. The number of amides is 1. The average molecular weight is 508 g/mol. The summed E-state index contributed by atoms with van der Waals surface area (Å²) < 4.78 is 33.4. The van der Waals surface area contributed by atoms with Crippen LogP contribution in [0.25, 0.3) is 6.08 Å². The summed E-state index contributed by atoms with van der Waals surface area (Å²) in [6, 6.07) is 15.4. The smallest absolute Gasteiger partial charge is 0.270 e. The van der Waals surface area contributed by atoms with E-state index in [1.807, 2.05) is 0 Å². The maximum absolute atomic E-state index is 13.9.